The fraction of sp³-hybridized carbons (Fsp3) is 0.500. The number of alkyl halides is 1. The highest BCUT2D eigenvalue weighted by Gasteiger charge is 2.24. The van der Waals surface area contributed by atoms with Crippen molar-refractivity contribution in [3.63, 3.8) is 0 Å². The van der Waals surface area contributed by atoms with E-state index in [-0.39, 0.29) is 5.82 Å². The summed E-state index contributed by atoms with van der Waals surface area (Å²) in [5.74, 6) is 0.702. The average Bonchev–Trinajstić information content (AvgIpc) is 3.01. The Morgan fingerprint density at radius 3 is 2.80 bits per heavy atom. The molecule has 1 aromatic rings. The third kappa shape index (κ3) is 2.51. The van der Waals surface area contributed by atoms with Gasteiger partial charge in [0, 0.05) is 30.2 Å². The lowest BCUT2D eigenvalue weighted by atomic mass is 10.1. The quantitative estimate of drug-likeness (QED) is 0.757. The maximum absolute atomic E-state index is 13.5. The molecule has 2 rings (SSSR count). The summed E-state index contributed by atoms with van der Waals surface area (Å²) in [6.07, 6.45) is 2.65. The van der Waals surface area contributed by atoms with Gasteiger partial charge in [-0.25, -0.2) is 4.39 Å². The van der Waals surface area contributed by atoms with E-state index in [1.165, 1.54) is 18.9 Å². The molecule has 0 spiro atoms. The second-order valence-electron chi connectivity index (χ2n) is 4.20. The molecule has 1 fully saturated rings. The Kier molecular flexibility index (Phi) is 3.29. The normalized spacial score (nSPS) is 15.4. The smallest absolute Gasteiger partial charge is 0.129 e. The van der Waals surface area contributed by atoms with E-state index < -0.39 is 0 Å². The van der Waals surface area contributed by atoms with E-state index in [1.807, 2.05) is 13.1 Å². The molecule has 3 heteroatoms. The van der Waals surface area contributed by atoms with Crippen LogP contribution in [0.3, 0.4) is 0 Å². The summed E-state index contributed by atoms with van der Waals surface area (Å²) in [6.45, 7) is 1.05. The number of rotatable bonds is 4. The van der Waals surface area contributed by atoms with Gasteiger partial charge in [0.25, 0.3) is 0 Å². The maximum atomic E-state index is 13.5. The Hall–Kier alpha value is -0.570. The minimum Gasteiger partial charge on any atom is -0.374 e. The Labute approximate surface area is 98.4 Å². The molecular weight excluding hydrogens is 257 g/mol. The van der Waals surface area contributed by atoms with Gasteiger partial charge in [0.05, 0.1) is 0 Å². The van der Waals surface area contributed by atoms with Gasteiger partial charge < -0.3 is 4.90 Å². The summed E-state index contributed by atoms with van der Waals surface area (Å²) in [4.78, 5) is 2.16. The summed E-state index contributed by atoms with van der Waals surface area (Å²) in [7, 11) is 2.04. The lowest BCUT2D eigenvalue weighted by molar-refractivity contribution is 0.616. The Bertz CT molecular complexity index is 349. The van der Waals surface area contributed by atoms with Crippen LogP contribution in [0, 0.1) is 11.7 Å². The van der Waals surface area contributed by atoms with E-state index in [4.69, 9.17) is 0 Å². The number of hydrogen-bond acceptors (Lipinski definition) is 1. The molecule has 1 aliphatic rings. The van der Waals surface area contributed by atoms with E-state index in [2.05, 4.69) is 20.8 Å². The van der Waals surface area contributed by atoms with Crippen molar-refractivity contribution in [3.05, 3.63) is 29.6 Å². The summed E-state index contributed by atoms with van der Waals surface area (Å²) < 4.78 is 13.5. The zero-order chi connectivity index (χ0) is 10.8. The van der Waals surface area contributed by atoms with Gasteiger partial charge in [-0.05, 0) is 30.9 Å². The molecule has 82 valence electrons. The van der Waals surface area contributed by atoms with Gasteiger partial charge in [-0.3, -0.25) is 0 Å². The van der Waals surface area contributed by atoms with Crippen molar-refractivity contribution < 1.29 is 4.39 Å². The Balaban J connectivity index is 2.20. The number of hydrogen-bond donors (Lipinski definition) is 0. The number of anilines is 1. The van der Waals surface area contributed by atoms with Crippen LogP contribution >= 0.6 is 15.9 Å². The van der Waals surface area contributed by atoms with Crippen molar-refractivity contribution in [2.24, 2.45) is 5.92 Å². The SMILES string of the molecule is CN(CC1CC1)c1cccc(F)c1CBr. The third-order valence-electron chi connectivity index (χ3n) is 2.87. The van der Waals surface area contributed by atoms with Crippen LogP contribution in [0.4, 0.5) is 10.1 Å². The molecule has 0 unspecified atom stereocenters. The standard InChI is InChI=1S/C12H15BrFN/c1-15(8-9-5-6-9)12-4-2-3-11(14)10(12)7-13/h2-4,9H,5-8H2,1H3. The van der Waals surface area contributed by atoms with Gasteiger partial charge in [-0.2, -0.15) is 0 Å². The van der Waals surface area contributed by atoms with E-state index in [1.54, 1.807) is 6.07 Å². The van der Waals surface area contributed by atoms with Gasteiger partial charge >= 0.3 is 0 Å². The summed E-state index contributed by atoms with van der Waals surface area (Å²) in [5, 5.41) is 0.573. The molecule has 0 bridgehead atoms. The first kappa shape index (κ1) is 10.9. The van der Waals surface area contributed by atoms with Gasteiger partial charge in [0.15, 0.2) is 0 Å². The highest BCUT2D eigenvalue weighted by atomic mass is 79.9. The lowest BCUT2D eigenvalue weighted by Gasteiger charge is -2.22. The van der Waals surface area contributed by atoms with Crippen molar-refractivity contribution in [2.45, 2.75) is 18.2 Å². The monoisotopic (exact) mass is 271 g/mol. The van der Waals surface area contributed by atoms with Crippen LogP contribution < -0.4 is 4.90 Å². The molecule has 1 nitrogen and oxygen atoms in total. The topological polar surface area (TPSA) is 3.24 Å². The minimum absolute atomic E-state index is 0.118. The summed E-state index contributed by atoms with van der Waals surface area (Å²) in [5.41, 5.74) is 1.78. The van der Waals surface area contributed by atoms with Crippen LogP contribution in [0.2, 0.25) is 0 Å². The predicted octanol–water partition coefficient (Wildman–Crippen LogP) is 3.57. The van der Waals surface area contributed by atoms with Crippen molar-refractivity contribution in [3.8, 4) is 0 Å². The zero-order valence-electron chi connectivity index (χ0n) is 8.84. The largest absolute Gasteiger partial charge is 0.374 e. The second-order valence-corrected chi connectivity index (χ2v) is 4.76. The van der Waals surface area contributed by atoms with Crippen LogP contribution in [0.25, 0.3) is 0 Å². The van der Waals surface area contributed by atoms with Crippen LogP contribution in [0.1, 0.15) is 18.4 Å². The first-order chi connectivity index (χ1) is 7.22. The Morgan fingerprint density at radius 2 is 2.20 bits per heavy atom. The van der Waals surface area contributed by atoms with Gasteiger partial charge in [-0.15, -0.1) is 0 Å². The van der Waals surface area contributed by atoms with Crippen LogP contribution in [-0.2, 0) is 5.33 Å². The van der Waals surface area contributed by atoms with Crippen molar-refractivity contribution in [1.82, 2.24) is 0 Å². The molecule has 1 aromatic carbocycles. The van der Waals surface area contributed by atoms with E-state index in [0.29, 0.717) is 5.33 Å². The minimum atomic E-state index is -0.118. The molecule has 0 saturated heterocycles. The highest BCUT2D eigenvalue weighted by molar-refractivity contribution is 9.08. The second kappa shape index (κ2) is 4.52. The molecule has 0 aliphatic heterocycles. The molecule has 0 aromatic heterocycles. The lowest BCUT2D eigenvalue weighted by Crippen LogP contribution is -2.21. The van der Waals surface area contributed by atoms with E-state index in [0.717, 1.165) is 23.7 Å². The zero-order valence-corrected chi connectivity index (χ0v) is 10.4. The van der Waals surface area contributed by atoms with Crippen molar-refractivity contribution >= 4 is 21.6 Å². The fourth-order valence-electron chi connectivity index (χ4n) is 1.82. The van der Waals surface area contributed by atoms with Gasteiger partial charge in [0.1, 0.15) is 5.82 Å². The first-order valence-electron chi connectivity index (χ1n) is 5.27. The maximum Gasteiger partial charge on any atom is 0.129 e. The highest BCUT2D eigenvalue weighted by Crippen LogP contribution is 2.32. The third-order valence-corrected chi connectivity index (χ3v) is 3.43. The van der Waals surface area contributed by atoms with Crippen molar-refractivity contribution in [2.75, 3.05) is 18.5 Å². The predicted molar refractivity (Wildman–Crippen MR) is 65.0 cm³/mol. The number of benzene rings is 1. The fourth-order valence-corrected chi connectivity index (χ4v) is 2.38. The molecule has 15 heavy (non-hydrogen) atoms. The van der Waals surface area contributed by atoms with Crippen molar-refractivity contribution in [1.29, 1.82) is 0 Å². The molecule has 0 amide bonds. The Morgan fingerprint density at radius 1 is 1.47 bits per heavy atom. The van der Waals surface area contributed by atoms with Crippen LogP contribution in [0.5, 0.6) is 0 Å². The van der Waals surface area contributed by atoms with E-state index >= 15 is 0 Å². The van der Waals surface area contributed by atoms with E-state index in [9.17, 15) is 4.39 Å². The van der Waals surface area contributed by atoms with Crippen LogP contribution in [0.15, 0.2) is 18.2 Å². The molecule has 1 aliphatic carbocycles. The number of halogens is 2. The summed E-state index contributed by atoms with van der Waals surface area (Å²) in [6, 6.07) is 5.29. The molecule has 1 saturated carbocycles. The molecule has 0 radical (unpaired) electrons. The molecule has 0 N–H and O–H groups in total. The summed E-state index contributed by atoms with van der Waals surface area (Å²) >= 11 is 3.34. The molecular formula is C12H15BrFN. The molecule has 0 atom stereocenters. The number of nitrogens with zero attached hydrogens (tertiary/aromatic N) is 1. The van der Waals surface area contributed by atoms with Gasteiger partial charge in [-0.1, -0.05) is 22.0 Å². The average molecular weight is 272 g/mol. The molecule has 0 heterocycles. The van der Waals surface area contributed by atoms with Crippen LogP contribution in [-0.4, -0.2) is 13.6 Å². The van der Waals surface area contributed by atoms with Gasteiger partial charge in [0.2, 0.25) is 0 Å². The first-order valence-corrected chi connectivity index (χ1v) is 6.39.